The molecule has 0 spiro atoms. The van der Waals surface area contributed by atoms with E-state index in [0.717, 1.165) is 6.07 Å². The first-order chi connectivity index (χ1) is 6.27. The number of tetrazole rings is 1. The highest BCUT2D eigenvalue weighted by atomic mass is 19.1. The number of rotatable bonds is 1. The van der Waals surface area contributed by atoms with Crippen molar-refractivity contribution in [2.45, 2.75) is 0 Å². The number of nitrogens with zero attached hydrogens (tertiary/aromatic N) is 3. The van der Waals surface area contributed by atoms with Gasteiger partial charge < -0.3 is 5.11 Å². The Hall–Kier alpha value is -1.98. The molecule has 5 nitrogen and oxygen atoms in total. The molecule has 0 saturated carbocycles. The van der Waals surface area contributed by atoms with Crippen LogP contribution in [0.15, 0.2) is 18.2 Å². The van der Waals surface area contributed by atoms with Gasteiger partial charge in [-0.05, 0) is 23.4 Å². The fourth-order valence-corrected chi connectivity index (χ4v) is 0.936. The van der Waals surface area contributed by atoms with Gasteiger partial charge in [0.05, 0.1) is 0 Å². The first-order valence-electron chi connectivity index (χ1n) is 3.50. The number of hydrogen-bond donors (Lipinski definition) is 2. The fourth-order valence-electron chi connectivity index (χ4n) is 0.936. The van der Waals surface area contributed by atoms with Crippen LogP contribution < -0.4 is 0 Å². The van der Waals surface area contributed by atoms with Gasteiger partial charge in [0.15, 0.2) is 11.6 Å². The van der Waals surface area contributed by atoms with Gasteiger partial charge >= 0.3 is 0 Å². The smallest absolute Gasteiger partial charge is 0.204 e. The van der Waals surface area contributed by atoms with Crippen LogP contribution in [-0.2, 0) is 0 Å². The Labute approximate surface area is 72.2 Å². The van der Waals surface area contributed by atoms with Crippen LogP contribution in [0.3, 0.4) is 0 Å². The number of phenolic OH excluding ortho intramolecular Hbond substituents is 1. The molecule has 1 aromatic carbocycles. The average Bonchev–Trinajstić information content (AvgIpc) is 2.62. The Morgan fingerprint density at radius 3 is 2.85 bits per heavy atom. The Bertz CT molecular complexity index is 414. The monoisotopic (exact) mass is 180 g/mol. The summed E-state index contributed by atoms with van der Waals surface area (Å²) in [4.78, 5) is 0. The molecule has 0 aliphatic carbocycles. The number of nitrogens with one attached hydrogen (secondary N) is 1. The van der Waals surface area contributed by atoms with Gasteiger partial charge in [-0.25, -0.2) is 4.39 Å². The molecule has 1 aromatic heterocycles. The van der Waals surface area contributed by atoms with Crippen molar-refractivity contribution in [3.05, 3.63) is 24.0 Å². The highest BCUT2D eigenvalue weighted by molar-refractivity contribution is 5.56. The van der Waals surface area contributed by atoms with Crippen molar-refractivity contribution in [3.63, 3.8) is 0 Å². The third-order valence-corrected chi connectivity index (χ3v) is 1.55. The van der Waals surface area contributed by atoms with E-state index >= 15 is 0 Å². The zero-order chi connectivity index (χ0) is 9.26. The van der Waals surface area contributed by atoms with E-state index in [9.17, 15) is 4.39 Å². The molecule has 2 rings (SSSR count). The van der Waals surface area contributed by atoms with Gasteiger partial charge in [0.25, 0.3) is 0 Å². The van der Waals surface area contributed by atoms with Gasteiger partial charge in [-0.1, -0.05) is 0 Å². The van der Waals surface area contributed by atoms with Crippen molar-refractivity contribution in [2.24, 2.45) is 0 Å². The van der Waals surface area contributed by atoms with Crippen LogP contribution in [0.4, 0.5) is 4.39 Å². The lowest BCUT2D eigenvalue weighted by atomic mass is 10.2. The summed E-state index contributed by atoms with van der Waals surface area (Å²) in [5.41, 5.74) is 0.507. The molecular formula is C7H5FN4O. The van der Waals surface area contributed by atoms with Gasteiger partial charge in [-0.2, -0.15) is 5.21 Å². The van der Waals surface area contributed by atoms with Gasteiger partial charge in [0.2, 0.25) is 5.82 Å². The second kappa shape index (κ2) is 2.81. The summed E-state index contributed by atoms with van der Waals surface area (Å²) in [6.07, 6.45) is 0. The Morgan fingerprint density at radius 2 is 2.23 bits per heavy atom. The van der Waals surface area contributed by atoms with Crippen LogP contribution >= 0.6 is 0 Å². The minimum Gasteiger partial charge on any atom is -0.505 e. The third kappa shape index (κ3) is 1.33. The molecule has 0 atom stereocenters. The zero-order valence-corrected chi connectivity index (χ0v) is 6.40. The van der Waals surface area contributed by atoms with Gasteiger partial charge in [-0.15, -0.1) is 10.2 Å². The van der Waals surface area contributed by atoms with Crippen LogP contribution in [0.5, 0.6) is 5.75 Å². The van der Waals surface area contributed by atoms with Crippen LogP contribution in [0.2, 0.25) is 0 Å². The Morgan fingerprint density at radius 1 is 1.38 bits per heavy atom. The van der Waals surface area contributed by atoms with Crippen molar-refractivity contribution in [3.8, 4) is 17.1 Å². The van der Waals surface area contributed by atoms with Crippen LogP contribution in [0.25, 0.3) is 11.4 Å². The highest BCUT2D eigenvalue weighted by Crippen LogP contribution is 2.21. The maximum absolute atomic E-state index is 12.6. The number of hydrogen-bond acceptors (Lipinski definition) is 4. The lowest BCUT2D eigenvalue weighted by molar-refractivity contribution is 0.432. The van der Waals surface area contributed by atoms with Gasteiger partial charge in [-0.3, -0.25) is 0 Å². The molecule has 0 unspecified atom stereocenters. The number of aromatic amines is 1. The normalized spacial score (nSPS) is 10.2. The van der Waals surface area contributed by atoms with Crippen molar-refractivity contribution in [2.75, 3.05) is 0 Å². The first kappa shape index (κ1) is 7.66. The SMILES string of the molecule is Oc1cc(-c2nn[nH]n2)ccc1F. The lowest BCUT2D eigenvalue weighted by Gasteiger charge is -1.96. The average molecular weight is 180 g/mol. The summed E-state index contributed by atoms with van der Waals surface area (Å²) in [5, 5.41) is 22.0. The zero-order valence-electron chi connectivity index (χ0n) is 6.40. The minimum absolute atomic E-state index is 0.315. The van der Waals surface area contributed by atoms with Crippen molar-refractivity contribution < 1.29 is 9.50 Å². The Kier molecular flexibility index (Phi) is 1.66. The molecule has 0 fully saturated rings. The van der Waals surface area contributed by atoms with Gasteiger partial charge in [0, 0.05) is 5.56 Å². The molecular weight excluding hydrogens is 175 g/mol. The summed E-state index contributed by atoms with van der Waals surface area (Å²) in [7, 11) is 0. The fraction of sp³-hybridized carbons (Fsp3) is 0. The molecule has 0 aliphatic rings. The largest absolute Gasteiger partial charge is 0.505 e. The quantitative estimate of drug-likeness (QED) is 0.677. The van der Waals surface area contributed by atoms with E-state index < -0.39 is 11.6 Å². The van der Waals surface area contributed by atoms with E-state index in [-0.39, 0.29) is 0 Å². The number of benzene rings is 1. The molecule has 0 aliphatic heterocycles. The number of aromatic hydroxyl groups is 1. The molecule has 66 valence electrons. The van der Waals surface area contributed by atoms with Crippen molar-refractivity contribution in [1.82, 2.24) is 20.6 Å². The van der Waals surface area contributed by atoms with E-state index in [0.29, 0.717) is 11.4 Å². The summed E-state index contributed by atoms with van der Waals surface area (Å²) in [5.74, 6) is -0.787. The number of halogens is 1. The van der Waals surface area contributed by atoms with E-state index in [1.165, 1.54) is 12.1 Å². The maximum atomic E-state index is 12.6. The second-order valence-electron chi connectivity index (χ2n) is 2.40. The predicted octanol–water partition coefficient (Wildman–Crippen LogP) is 0.711. The molecule has 0 bridgehead atoms. The van der Waals surface area contributed by atoms with E-state index in [1.807, 2.05) is 0 Å². The summed E-state index contributed by atoms with van der Waals surface area (Å²) in [6.45, 7) is 0. The van der Waals surface area contributed by atoms with Crippen LogP contribution in [0, 0.1) is 5.82 Å². The number of phenols is 1. The molecule has 0 amide bonds. The molecule has 6 heteroatoms. The molecule has 1 heterocycles. The predicted molar refractivity (Wildman–Crippen MR) is 41.2 cm³/mol. The van der Waals surface area contributed by atoms with E-state index in [1.54, 1.807) is 0 Å². The van der Waals surface area contributed by atoms with E-state index in [4.69, 9.17) is 5.11 Å². The summed E-state index contributed by atoms with van der Waals surface area (Å²) >= 11 is 0. The molecule has 0 radical (unpaired) electrons. The first-order valence-corrected chi connectivity index (χ1v) is 3.50. The van der Waals surface area contributed by atoms with Crippen molar-refractivity contribution in [1.29, 1.82) is 0 Å². The topological polar surface area (TPSA) is 74.7 Å². The van der Waals surface area contributed by atoms with Gasteiger partial charge in [0.1, 0.15) is 0 Å². The standard InChI is InChI=1S/C7H5FN4O/c8-5-2-1-4(3-6(5)13)7-9-11-12-10-7/h1-3,13H,(H,9,10,11,12). The van der Waals surface area contributed by atoms with Crippen LogP contribution in [0.1, 0.15) is 0 Å². The number of aromatic nitrogens is 4. The molecule has 13 heavy (non-hydrogen) atoms. The second-order valence-corrected chi connectivity index (χ2v) is 2.40. The molecule has 0 saturated heterocycles. The Balaban J connectivity index is 2.49. The lowest BCUT2D eigenvalue weighted by Crippen LogP contribution is -1.82. The third-order valence-electron chi connectivity index (χ3n) is 1.55. The summed E-state index contributed by atoms with van der Waals surface area (Å²) < 4.78 is 12.6. The van der Waals surface area contributed by atoms with Crippen LogP contribution in [-0.4, -0.2) is 25.7 Å². The molecule has 2 aromatic rings. The maximum Gasteiger partial charge on any atom is 0.204 e. The number of H-pyrrole nitrogens is 1. The minimum atomic E-state index is -0.674. The highest BCUT2D eigenvalue weighted by Gasteiger charge is 2.06. The van der Waals surface area contributed by atoms with E-state index in [2.05, 4.69) is 20.6 Å². The molecule has 2 N–H and O–H groups in total. The summed E-state index contributed by atoms with van der Waals surface area (Å²) in [6, 6.07) is 3.83. The van der Waals surface area contributed by atoms with Crippen molar-refractivity contribution >= 4 is 0 Å².